The number of imidazole rings is 1. The zero-order valence-electron chi connectivity index (χ0n) is 22.3. The first-order valence-electron chi connectivity index (χ1n) is 14.2. The van der Waals surface area contributed by atoms with E-state index >= 15 is 0 Å². The number of nitrogens with zero attached hydrogens (tertiary/aromatic N) is 4. The quantitative estimate of drug-likeness (QED) is 0.498. The lowest BCUT2D eigenvalue weighted by atomic mass is 9.94. The van der Waals surface area contributed by atoms with Crippen LogP contribution in [0.5, 0.6) is 0 Å². The highest BCUT2D eigenvalue weighted by Crippen LogP contribution is 2.49. The van der Waals surface area contributed by atoms with Gasteiger partial charge in [-0.3, -0.25) is 9.88 Å². The second-order valence-corrected chi connectivity index (χ2v) is 10.8. The molecule has 2 aromatic heterocycles. The Labute approximate surface area is 226 Å². The molecule has 0 aromatic carbocycles. The molecule has 2 saturated carbocycles. The number of anilines is 1. The van der Waals surface area contributed by atoms with Crippen molar-refractivity contribution in [3.8, 4) is 0 Å². The Kier molecular flexibility index (Phi) is 7.54. The molecule has 4 atom stereocenters. The van der Waals surface area contributed by atoms with Crippen molar-refractivity contribution in [1.82, 2.24) is 30.2 Å². The summed E-state index contributed by atoms with van der Waals surface area (Å²) in [5.41, 5.74) is 0.949. The van der Waals surface area contributed by atoms with Crippen LogP contribution >= 0.6 is 0 Å². The monoisotopic (exact) mass is 543 g/mol. The topological polar surface area (TPSA) is 151 Å². The van der Waals surface area contributed by atoms with Crippen LogP contribution in [0.15, 0.2) is 12.7 Å². The number of aromatic nitrogens is 4. The smallest absolute Gasteiger partial charge is 0.407 e. The number of urea groups is 1. The van der Waals surface area contributed by atoms with E-state index in [2.05, 4.69) is 30.9 Å². The molecule has 2 aromatic rings. The van der Waals surface area contributed by atoms with Gasteiger partial charge in [-0.2, -0.15) is 0 Å². The fourth-order valence-electron chi connectivity index (χ4n) is 6.24. The first-order chi connectivity index (χ1) is 19.0. The average Bonchev–Trinajstić information content (AvgIpc) is 3.61. The first-order valence-corrected chi connectivity index (χ1v) is 14.2. The number of fused-ring (bicyclic) bond motifs is 2. The summed E-state index contributed by atoms with van der Waals surface area (Å²) >= 11 is 0. The van der Waals surface area contributed by atoms with Crippen LogP contribution in [0.3, 0.4) is 0 Å². The zero-order valence-corrected chi connectivity index (χ0v) is 22.3. The summed E-state index contributed by atoms with van der Waals surface area (Å²) in [6, 6.07) is -0.134. The van der Waals surface area contributed by atoms with Crippen LogP contribution in [0.25, 0.3) is 11.2 Å². The van der Waals surface area contributed by atoms with Gasteiger partial charge in [-0.25, -0.2) is 24.5 Å². The SMILES string of the molecule is CCNC(=O)OC[C@H]1O[C@@H](n2cnc3c(NC(=O)NC4CCCCC4)ncnc32)[C@@H]2OC3(CCCCC3)O[C@@H]21. The zero-order chi connectivity index (χ0) is 26.8. The van der Waals surface area contributed by atoms with E-state index in [-0.39, 0.29) is 18.7 Å². The van der Waals surface area contributed by atoms with E-state index < -0.39 is 36.4 Å². The molecule has 39 heavy (non-hydrogen) atoms. The van der Waals surface area contributed by atoms with Gasteiger partial charge < -0.3 is 29.6 Å². The third-order valence-electron chi connectivity index (χ3n) is 8.11. The van der Waals surface area contributed by atoms with Crippen molar-refractivity contribution in [1.29, 1.82) is 0 Å². The second-order valence-electron chi connectivity index (χ2n) is 10.8. The Hall–Kier alpha value is -3.03. The summed E-state index contributed by atoms with van der Waals surface area (Å²) in [6.07, 6.45) is 10.8. The van der Waals surface area contributed by atoms with Crippen LogP contribution in [0.2, 0.25) is 0 Å². The molecule has 1 spiro atoms. The van der Waals surface area contributed by atoms with Gasteiger partial charge in [-0.1, -0.05) is 25.7 Å². The number of ether oxygens (including phenoxy) is 4. The van der Waals surface area contributed by atoms with Crippen LogP contribution in [0.4, 0.5) is 15.4 Å². The molecule has 2 aliphatic heterocycles. The summed E-state index contributed by atoms with van der Waals surface area (Å²) in [7, 11) is 0. The number of rotatable bonds is 6. The molecule has 0 bridgehead atoms. The standard InChI is InChI=1S/C26H37N7O6/c1-2-27-25(35)36-13-17-19-20(39-26(38-19)11-7-4-8-12-26)23(37-17)33-15-30-18-21(28-14-29-22(18)33)32-24(34)31-16-9-5-3-6-10-16/h14-17,19-20,23H,2-13H2,1H3,(H,27,35)(H2,28,29,31,32,34)/t17-,19-,20-,23-/m1/s1. The molecular formula is C26H37N7O6. The fourth-order valence-corrected chi connectivity index (χ4v) is 6.24. The molecule has 0 radical (unpaired) electrons. The lowest BCUT2D eigenvalue weighted by molar-refractivity contribution is -0.232. The minimum Gasteiger partial charge on any atom is -0.447 e. The number of alkyl carbamates (subject to hydrolysis) is 1. The molecule has 4 heterocycles. The van der Waals surface area contributed by atoms with E-state index in [0.29, 0.717) is 23.5 Å². The van der Waals surface area contributed by atoms with Gasteiger partial charge in [0.1, 0.15) is 31.2 Å². The maximum atomic E-state index is 12.7. The van der Waals surface area contributed by atoms with Crippen LogP contribution in [0, 0.1) is 0 Å². The summed E-state index contributed by atoms with van der Waals surface area (Å²) < 4.78 is 26.7. The van der Waals surface area contributed by atoms with Crippen molar-refractivity contribution in [2.45, 2.75) is 108 Å². The number of nitrogens with one attached hydrogen (secondary N) is 3. The van der Waals surface area contributed by atoms with E-state index in [1.54, 1.807) is 10.9 Å². The van der Waals surface area contributed by atoms with Crippen LogP contribution in [-0.2, 0) is 18.9 Å². The number of carbonyl (C=O) groups excluding carboxylic acids is 2. The van der Waals surface area contributed by atoms with Crippen LogP contribution in [-0.4, -0.2) is 74.9 Å². The Morgan fingerprint density at radius 2 is 1.82 bits per heavy atom. The fraction of sp³-hybridized carbons (Fsp3) is 0.731. The Bertz CT molecular complexity index is 1180. The van der Waals surface area contributed by atoms with Crippen molar-refractivity contribution in [3.63, 3.8) is 0 Å². The molecule has 4 aliphatic rings. The molecule has 3 amide bonds. The average molecular weight is 544 g/mol. The maximum absolute atomic E-state index is 12.7. The third kappa shape index (κ3) is 5.39. The summed E-state index contributed by atoms with van der Waals surface area (Å²) in [5, 5.41) is 8.52. The van der Waals surface area contributed by atoms with Gasteiger partial charge in [0.15, 0.2) is 29.0 Å². The van der Waals surface area contributed by atoms with E-state index in [1.807, 2.05) is 6.92 Å². The highest BCUT2D eigenvalue weighted by molar-refractivity contribution is 5.96. The summed E-state index contributed by atoms with van der Waals surface area (Å²) in [5.74, 6) is -0.334. The Balaban J connectivity index is 1.22. The van der Waals surface area contributed by atoms with Gasteiger partial charge in [0, 0.05) is 25.4 Å². The normalized spacial score (nSPS) is 28.3. The van der Waals surface area contributed by atoms with Crippen LogP contribution < -0.4 is 16.0 Å². The van der Waals surface area contributed by atoms with Crippen molar-refractivity contribution in [2.75, 3.05) is 18.5 Å². The summed E-state index contributed by atoms with van der Waals surface area (Å²) in [4.78, 5) is 38.0. The number of carbonyl (C=O) groups is 2. The molecule has 2 saturated heterocycles. The van der Waals surface area contributed by atoms with Gasteiger partial charge in [0.2, 0.25) is 0 Å². The predicted molar refractivity (Wildman–Crippen MR) is 139 cm³/mol. The first kappa shape index (κ1) is 26.2. The van der Waals surface area contributed by atoms with Gasteiger partial charge >= 0.3 is 12.1 Å². The molecule has 6 rings (SSSR count). The Morgan fingerprint density at radius 3 is 2.62 bits per heavy atom. The van der Waals surface area contributed by atoms with Crippen molar-refractivity contribution >= 4 is 29.1 Å². The molecule has 212 valence electrons. The second kappa shape index (κ2) is 11.2. The van der Waals surface area contributed by atoms with Crippen molar-refractivity contribution in [2.24, 2.45) is 0 Å². The molecular weight excluding hydrogens is 506 g/mol. The van der Waals surface area contributed by atoms with Gasteiger partial charge in [-0.05, 0) is 32.6 Å². The largest absolute Gasteiger partial charge is 0.447 e. The molecule has 0 unspecified atom stereocenters. The van der Waals surface area contributed by atoms with Crippen LogP contribution in [0.1, 0.15) is 77.4 Å². The van der Waals surface area contributed by atoms with E-state index in [1.165, 1.54) is 12.7 Å². The van der Waals surface area contributed by atoms with E-state index in [4.69, 9.17) is 18.9 Å². The van der Waals surface area contributed by atoms with Crippen molar-refractivity contribution < 1.29 is 28.5 Å². The van der Waals surface area contributed by atoms with Gasteiger partial charge in [0.05, 0.1) is 6.33 Å². The molecule has 3 N–H and O–H groups in total. The number of amides is 3. The minimum atomic E-state index is -0.658. The molecule has 13 nitrogen and oxygen atoms in total. The molecule has 4 fully saturated rings. The third-order valence-corrected chi connectivity index (χ3v) is 8.11. The van der Waals surface area contributed by atoms with E-state index in [0.717, 1.165) is 57.8 Å². The lowest BCUT2D eigenvalue weighted by Crippen LogP contribution is -2.39. The number of hydrogen-bond acceptors (Lipinski definition) is 9. The maximum Gasteiger partial charge on any atom is 0.407 e. The summed E-state index contributed by atoms with van der Waals surface area (Å²) in [6.45, 7) is 2.32. The van der Waals surface area contributed by atoms with Gasteiger partial charge in [-0.15, -0.1) is 0 Å². The molecule has 2 aliphatic carbocycles. The van der Waals surface area contributed by atoms with Gasteiger partial charge in [0.25, 0.3) is 0 Å². The number of hydrogen-bond donors (Lipinski definition) is 3. The highest BCUT2D eigenvalue weighted by atomic mass is 16.8. The minimum absolute atomic E-state index is 0.0265. The Morgan fingerprint density at radius 1 is 1.05 bits per heavy atom. The highest BCUT2D eigenvalue weighted by Gasteiger charge is 2.59. The molecule has 13 heteroatoms. The lowest BCUT2D eigenvalue weighted by Gasteiger charge is -2.34. The van der Waals surface area contributed by atoms with Crippen molar-refractivity contribution in [3.05, 3.63) is 12.7 Å². The predicted octanol–water partition coefficient (Wildman–Crippen LogP) is 3.37. The van der Waals surface area contributed by atoms with E-state index in [9.17, 15) is 9.59 Å².